The van der Waals surface area contributed by atoms with Gasteiger partial charge in [0.1, 0.15) is 16.7 Å². The highest BCUT2D eigenvalue weighted by Gasteiger charge is 2.25. The van der Waals surface area contributed by atoms with Gasteiger partial charge in [-0.15, -0.1) is 0 Å². The van der Waals surface area contributed by atoms with Crippen LogP contribution in [0.4, 0.5) is 11.5 Å². The van der Waals surface area contributed by atoms with E-state index < -0.39 is 25.5 Å². The molecule has 2 aromatic heterocycles. The third kappa shape index (κ3) is 3.97. The number of nitrogens with one attached hydrogen (secondary N) is 1. The summed E-state index contributed by atoms with van der Waals surface area (Å²) in [7, 11) is -4.33. The van der Waals surface area contributed by atoms with E-state index >= 15 is 0 Å². The summed E-state index contributed by atoms with van der Waals surface area (Å²) < 4.78 is 29.6. The Bertz CT molecular complexity index is 1590. The van der Waals surface area contributed by atoms with Gasteiger partial charge >= 0.3 is 0 Å². The Morgan fingerprint density at radius 2 is 1.94 bits per heavy atom. The summed E-state index contributed by atoms with van der Waals surface area (Å²) in [4.78, 5) is 14.6. The van der Waals surface area contributed by atoms with Crippen LogP contribution >= 0.6 is 11.6 Å². The molecule has 0 aliphatic carbocycles. The number of nitro groups is 1. The summed E-state index contributed by atoms with van der Waals surface area (Å²) in [5.74, 6) is 0.158. The fourth-order valence-electron chi connectivity index (χ4n) is 3.34. The van der Waals surface area contributed by atoms with Gasteiger partial charge in [0.2, 0.25) is 0 Å². The van der Waals surface area contributed by atoms with Crippen LogP contribution < -0.4 is 4.72 Å². The molecule has 0 aliphatic rings. The fourth-order valence-corrected chi connectivity index (χ4v) is 4.61. The van der Waals surface area contributed by atoms with Crippen molar-refractivity contribution in [2.75, 3.05) is 4.72 Å². The van der Waals surface area contributed by atoms with Gasteiger partial charge in [0.05, 0.1) is 21.5 Å². The minimum atomic E-state index is -4.33. The molecule has 12 heteroatoms. The van der Waals surface area contributed by atoms with E-state index in [2.05, 4.69) is 14.8 Å². The molecule has 4 aromatic rings. The van der Waals surface area contributed by atoms with Crippen molar-refractivity contribution in [2.24, 2.45) is 0 Å². The molecule has 0 bridgehead atoms. The number of hydrogen-bond donors (Lipinski definition) is 1. The number of nitrogens with zero attached hydrogens (tertiary/aromatic N) is 5. The third-order valence-corrected chi connectivity index (χ3v) is 6.65. The van der Waals surface area contributed by atoms with Crippen LogP contribution in [0.1, 0.15) is 16.7 Å². The lowest BCUT2D eigenvalue weighted by atomic mass is 10.1. The van der Waals surface area contributed by atoms with Gasteiger partial charge in [-0.05, 0) is 43.2 Å². The summed E-state index contributed by atoms with van der Waals surface area (Å²) in [6, 6.07) is 12.5. The summed E-state index contributed by atoms with van der Waals surface area (Å²) in [6.45, 7) is 3.79. The van der Waals surface area contributed by atoms with Crippen molar-refractivity contribution in [1.82, 2.24) is 14.8 Å². The Morgan fingerprint density at radius 3 is 2.64 bits per heavy atom. The van der Waals surface area contributed by atoms with E-state index in [1.165, 1.54) is 10.9 Å². The van der Waals surface area contributed by atoms with Crippen molar-refractivity contribution in [3.8, 4) is 11.9 Å². The lowest BCUT2D eigenvalue weighted by molar-refractivity contribution is -0.384. The predicted octanol–water partition coefficient (Wildman–Crippen LogP) is 4.27. The first-order chi connectivity index (χ1) is 15.6. The molecule has 10 nitrogen and oxygen atoms in total. The Hall–Kier alpha value is -4.01. The normalized spacial score (nSPS) is 11.3. The Labute approximate surface area is 193 Å². The topological polar surface area (TPSA) is 144 Å². The van der Waals surface area contributed by atoms with Crippen LogP contribution in [0.3, 0.4) is 0 Å². The first kappa shape index (κ1) is 22.2. The predicted molar refractivity (Wildman–Crippen MR) is 122 cm³/mol. The first-order valence-electron chi connectivity index (χ1n) is 9.44. The van der Waals surface area contributed by atoms with Gasteiger partial charge < -0.3 is 0 Å². The number of anilines is 1. The molecule has 2 aromatic carbocycles. The Morgan fingerprint density at radius 1 is 1.18 bits per heavy atom. The van der Waals surface area contributed by atoms with E-state index in [0.717, 1.165) is 34.7 Å². The second-order valence-corrected chi connectivity index (χ2v) is 9.26. The van der Waals surface area contributed by atoms with Gasteiger partial charge in [-0.3, -0.25) is 14.8 Å². The standard InChI is InChI=1S/C21H15ClN6O4S/c1-12-4-3-5-16-13(2)8-19(25-20(12)16)27-21(14(10-23)11-24-27)26-33(31,32)15-6-7-17(22)18(9-15)28(29)30/h3-9,11,26H,1-2H3. The highest BCUT2D eigenvalue weighted by atomic mass is 35.5. The van der Waals surface area contributed by atoms with Gasteiger partial charge in [0.15, 0.2) is 11.6 Å². The smallest absolute Gasteiger partial charge is 0.262 e. The monoisotopic (exact) mass is 482 g/mol. The number of nitriles is 1. The average molecular weight is 483 g/mol. The second kappa shape index (κ2) is 8.16. The molecule has 0 fully saturated rings. The fraction of sp³-hybridized carbons (Fsp3) is 0.0952. The molecule has 0 saturated carbocycles. The number of aryl methyl sites for hydroxylation is 2. The van der Waals surface area contributed by atoms with E-state index in [0.29, 0.717) is 11.3 Å². The quantitative estimate of drug-likeness (QED) is 0.330. The molecular weight excluding hydrogens is 468 g/mol. The zero-order chi connectivity index (χ0) is 23.9. The van der Waals surface area contributed by atoms with Crippen LogP contribution in [0.25, 0.3) is 16.7 Å². The van der Waals surface area contributed by atoms with Crippen molar-refractivity contribution in [3.63, 3.8) is 0 Å². The highest BCUT2D eigenvalue weighted by molar-refractivity contribution is 7.92. The van der Waals surface area contributed by atoms with Gasteiger partial charge in [-0.2, -0.15) is 15.0 Å². The molecule has 0 saturated heterocycles. The Kier molecular flexibility index (Phi) is 5.49. The average Bonchev–Trinajstić information content (AvgIpc) is 3.16. The van der Waals surface area contributed by atoms with Crippen LogP contribution in [-0.2, 0) is 10.0 Å². The lowest BCUT2D eigenvalue weighted by Gasteiger charge is -2.13. The van der Waals surface area contributed by atoms with Gasteiger partial charge in [0, 0.05) is 11.5 Å². The number of benzene rings is 2. The molecule has 0 radical (unpaired) electrons. The number of hydrogen-bond acceptors (Lipinski definition) is 7. The van der Waals surface area contributed by atoms with Crippen LogP contribution in [0.5, 0.6) is 0 Å². The number of sulfonamides is 1. The second-order valence-electron chi connectivity index (χ2n) is 7.17. The lowest BCUT2D eigenvalue weighted by Crippen LogP contribution is -2.17. The molecule has 0 aliphatic heterocycles. The van der Waals surface area contributed by atoms with E-state index in [4.69, 9.17) is 11.6 Å². The molecule has 4 rings (SSSR count). The largest absolute Gasteiger partial charge is 0.289 e. The number of aromatic nitrogens is 3. The maximum Gasteiger partial charge on any atom is 0.289 e. The number of halogens is 1. The van der Waals surface area contributed by atoms with Crippen LogP contribution in [0.2, 0.25) is 5.02 Å². The summed E-state index contributed by atoms with van der Waals surface area (Å²) in [5, 5.41) is 25.5. The number of nitro benzene ring substituents is 1. The number of rotatable bonds is 5. The summed E-state index contributed by atoms with van der Waals surface area (Å²) in [5.41, 5.74) is 1.90. The molecule has 166 valence electrons. The van der Waals surface area contributed by atoms with Crippen molar-refractivity contribution in [2.45, 2.75) is 18.7 Å². The maximum absolute atomic E-state index is 13.0. The van der Waals surface area contributed by atoms with E-state index in [1.807, 2.05) is 38.1 Å². The minimum Gasteiger partial charge on any atom is -0.262 e. The molecule has 2 heterocycles. The molecule has 0 spiro atoms. The Balaban J connectivity index is 1.85. The zero-order valence-electron chi connectivity index (χ0n) is 17.3. The zero-order valence-corrected chi connectivity index (χ0v) is 18.8. The summed E-state index contributed by atoms with van der Waals surface area (Å²) in [6.07, 6.45) is 1.21. The molecule has 0 atom stereocenters. The van der Waals surface area contributed by atoms with Gasteiger partial charge in [-0.25, -0.2) is 13.4 Å². The van der Waals surface area contributed by atoms with Crippen molar-refractivity contribution in [3.05, 3.63) is 80.5 Å². The highest BCUT2D eigenvalue weighted by Crippen LogP contribution is 2.30. The van der Waals surface area contributed by atoms with Gasteiger partial charge in [0.25, 0.3) is 15.7 Å². The molecule has 0 amide bonds. The van der Waals surface area contributed by atoms with Gasteiger partial charge in [-0.1, -0.05) is 29.8 Å². The number of para-hydroxylation sites is 1. The molecular formula is C21H15ClN6O4S. The minimum absolute atomic E-state index is 0.0497. The number of pyridine rings is 1. The van der Waals surface area contributed by atoms with Crippen molar-refractivity contribution < 1.29 is 13.3 Å². The molecule has 33 heavy (non-hydrogen) atoms. The number of fused-ring (bicyclic) bond motifs is 1. The van der Waals surface area contributed by atoms with Crippen LogP contribution in [0, 0.1) is 35.3 Å². The molecule has 0 unspecified atom stereocenters. The molecule has 1 N–H and O–H groups in total. The SMILES string of the molecule is Cc1cc(-n2ncc(C#N)c2NS(=O)(=O)c2ccc(Cl)c([N+](=O)[O-])c2)nc2c(C)cccc12. The first-order valence-corrected chi connectivity index (χ1v) is 11.3. The van der Waals surface area contributed by atoms with Crippen molar-refractivity contribution >= 4 is 44.0 Å². The third-order valence-electron chi connectivity index (χ3n) is 5.00. The van der Waals surface area contributed by atoms with E-state index in [9.17, 15) is 23.8 Å². The van der Waals surface area contributed by atoms with E-state index in [1.54, 1.807) is 6.07 Å². The van der Waals surface area contributed by atoms with Crippen LogP contribution in [0.15, 0.2) is 53.6 Å². The van der Waals surface area contributed by atoms with E-state index in [-0.39, 0.29) is 16.4 Å². The summed E-state index contributed by atoms with van der Waals surface area (Å²) >= 11 is 5.79. The van der Waals surface area contributed by atoms with Crippen LogP contribution in [-0.4, -0.2) is 28.1 Å². The maximum atomic E-state index is 13.0. The van der Waals surface area contributed by atoms with Crippen molar-refractivity contribution in [1.29, 1.82) is 5.26 Å².